The van der Waals surface area contributed by atoms with Crippen molar-refractivity contribution >= 4 is 0 Å². The van der Waals surface area contributed by atoms with Crippen LogP contribution in [-0.4, -0.2) is 9.97 Å². The van der Waals surface area contributed by atoms with E-state index in [-0.39, 0.29) is 5.56 Å². The molecule has 1 heterocycles. The molecule has 13 heavy (non-hydrogen) atoms. The van der Waals surface area contributed by atoms with Crippen LogP contribution in [-0.2, 0) is 0 Å². The molecule has 0 spiro atoms. The van der Waals surface area contributed by atoms with E-state index in [1.54, 1.807) is 6.07 Å². The van der Waals surface area contributed by atoms with Gasteiger partial charge in [-0.05, 0) is 25.7 Å². The molecule has 68 valence electrons. The van der Waals surface area contributed by atoms with Gasteiger partial charge in [-0.15, -0.1) is 0 Å². The topological polar surface area (TPSA) is 45.8 Å². The monoisotopic (exact) mass is 176 g/mol. The molecule has 3 heteroatoms. The Bertz CT molecular complexity index is 355. The van der Waals surface area contributed by atoms with Gasteiger partial charge in [0.2, 0.25) is 0 Å². The fraction of sp³-hybridized carbons (Fsp3) is 0.600. The number of nitrogens with one attached hydrogen (secondary N) is 1. The second-order valence-corrected chi connectivity index (χ2v) is 4.10. The van der Waals surface area contributed by atoms with Crippen LogP contribution in [0.4, 0.5) is 0 Å². The summed E-state index contributed by atoms with van der Waals surface area (Å²) in [5, 5.41) is 0. The second-order valence-electron chi connectivity index (χ2n) is 4.10. The fourth-order valence-electron chi connectivity index (χ4n) is 1.63. The third kappa shape index (κ3) is 1.39. The summed E-state index contributed by atoms with van der Waals surface area (Å²) in [7, 11) is 0. The minimum atomic E-state index is 0.0267. The molecule has 1 N–H and O–H groups in total. The Kier molecular flexibility index (Phi) is 1.37. The van der Waals surface area contributed by atoms with Gasteiger partial charge in [-0.25, -0.2) is 4.98 Å². The molecule has 2 aliphatic carbocycles. The second kappa shape index (κ2) is 2.44. The smallest absolute Gasteiger partial charge is 0.251 e. The highest BCUT2D eigenvalue weighted by Gasteiger charge is 2.30. The minimum Gasteiger partial charge on any atom is -0.310 e. The van der Waals surface area contributed by atoms with Crippen LogP contribution < -0.4 is 5.56 Å². The van der Waals surface area contributed by atoms with Gasteiger partial charge in [0.1, 0.15) is 5.82 Å². The standard InChI is InChI=1S/C10H12N2O/c13-9-5-8(6-1-2-6)11-10(12-9)7-3-4-7/h5-7H,1-4H2,(H,11,12,13). The van der Waals surface area contributed by atoms with Crippen molar-refractivity contribution in [2.24, 2.45) is 0 Å². The van der Waals surface area contributed by atoms with Gasteiger partial charge >= 0.3 is 0 Å². The first kappa shape index (κ1) is 7.30. The van der Waals surface area contributed by atoms with Crippen molar-refractivity contribution in [1.29, 1.82) is 0 Å². The van der Waals surface area contributed by atoms with Crippen molar-refractivity contribution in [3.05, 3.63) is 27.9 Å². The number of aromatic nitrogens is 2. The average Bonchev–Trinajstić information content (AvgIpc) is 2.98. The van der Waals surface area contributed by atoms with E-state index in [4.69, 9.17) is 0 Å². The Morgan fingerprint density at radius 1 is 1.23 bits per heavy atom. The van der Waals surface area contributed by atoms with Crippen molar-refractivity contribution in [3.8, 4) is 0 Å². The molecule has 3 rings (SSSR count). The fourth-order valence-corrected chi connectivity index (χ4v) is 1.63. The molecular weight excluding hydrogens is 164 g/mol. The van der Waals surface area contributed by atoms with Crippen molar-refractivity contribution in [1.82, 2.24) is 9.97 Å². The summed E-state index contributed by atoms with van der Waals surface area (Å²) in [6.07, 6.45) is 4.80. The van der Waals surface area contributed by atoms with Crippen LogP contribution in [0.25, 0.3) is 0 Å². The summed E-state index contributed by atoms with van der Waals surface area (Å²) in [6.45, 7) is 0. The van der Waals surface area contributed by atoms with Crippen molar-refractivity contribution in [2.75, 3.05) is 0 Å². The Hall–Kier alpha value is -1.12. The molecule has 3 nitrogen and oxygen atoms in total. The zero-order valence-electron chi connectivity index (χ0n) is 7.42. The Morgan fingerprint density at radius 2 is 1.92 bits per heavy atom. The predicted molar refractivity (Wildman–Crippen MR) is 48.8 cm³/mol. The first-order chi connectivity index (χ1) is 6.33. The summed E-state index contributed by atoms with van der Waals surface area (Å²) in [4.78, 5) is 18.6. The quantitative estimate of drug-likeness (QED) is 0.742. The highest BCUT2D eigenvalue weighted by atomic mass is 16.1. The highest BCUT2D eigenvalue weighted by Crippen LogP contribution is 2.41. The van der Waals surface area contributed by atoms with E-state index >= 15 is 0 Å². The molecule has 1 aromatic rings. The van der Waals surface area contributed by atoms with Gasteiger partial charge < -0.3 is 4.98 Å². The lowest BCUT2D eigenvalue weighted by atomic mass is 10.2. The summed E-state index contributed by atoms with van der Waals surface area (Å²) in [6, 6.07) is 1.66. The first-order valence-corrected chi connectivity index (χ1v) is 4.94. The molecule has 0 aliphatic heterocycles. The van der Waals surface area contributed by atoms with Crippen LogP contribution in [0.3, 0.4) is 0 Å². The van der Waals surface area contributed by atoms with E-state index in [2.05, 4.69) is 9.97 Å². The highest BCUT2D eigenvalue weighted by molar-refractivity contribution is 5.17. The molecule has 0 unspecified atom stereocenters. The Balaban J connectivity index is 2.04. The van der Waals surface area contributed by atoms with Crippen molar-refractivity contribution in [2.45, 2.75) is 37.5 Å². The molecule has 0 radical (unpaired) electrons. The minimum absolute atomic E-state index is 0.0267. The maximum atomic E-state index is 11.3. The zero-order valence-corrected chi connectivity index (χ0v) is 7.42. The van der Waals surface area contributed by atoms with Gasteiger partial charge in [0.05, 0.1) is 5.69 Å². The molecule has 0 amide bonds. The largest absolute Gasteiger partial charge is 0.310 e. The molecule has 0 atom stereocenters. The molecule has 0 aromatic carbocycles. The van der Waals surface area contributed by atoms with E-state index in [1.807, 2.05) is 0 Å². The Labute approximate surface area is 76.2 Å². The lowest BCUT2D eigenvalue weighted by Crippen LogP contribution is -2.11. The summed E-state index contributed by atoms with van der Waals surface area (Å²) >= 11 is 0. The summed E-state index contributed by atoms with van der Waals surface area (Å²) in [5.41, 5.74) is 1.05. The molecule has 2 aliphatic rings. The first-order valence-electron chi connectivity index (χ1n) is 4.94. The van der Waals surface area contributed by atoms with E-state index in [1.165, 1.54) is 25.7 Å². The maximum Gasteiger partial charge on any atom is 0.251 e. The molecule has 2 saturated carbocycles. The van der Waals surface area contributed by atoms with E-state index in [0.717, 1.165) is 11.5 Å². The SMILES string of the molecule is O=c1cc(C2CC2)nc(C2CC2)[nH]1. The van der Waals surface area contributed by atoms with Crippen LogP contribution in [0.15, 0.2) is 10.9 Å². The number of H-pyrrole nitrogens is 1. The summed E-state index contributed by atoms with van der Waals surface area (Å²) in [5.74, 6) is 2.06. The zero-order chi connectivity index (χ0) is 8.84. The lowest BCUT2D eigenvalue weighted by Gasteiger charge is -2.00. The molecule has 2 fully saturated rings. The van der Waals surface area contributed by atoms with E-state index in [0.29, 0.717) is 11.8 Å². The van der Waals surface area contributed by atoms with Gasteiger partial charge in [0.15, 0.2) is 0 Å². The third-order valence-electron chi connectivity index (χ3n) is 2.74. The van der Waals surface area contributed by atoms with Crippen molar-refractivity contribution in [3.63, 3.8) is 0 Å². The van der Waals surface area contributed by atoms with Crippen LogP contribution in [0, 0.1) is 0 Å². The number of hydrogen-bond acceptors (Lipinski definition) is 2. The van der Waals surface area contributed by atoms with Gasteiger partial charge in [0.25, 0.3) is 5.56 Å². The molecule has 1 aromatic heterocycles. The third-order valence-corrected chi connectivity index (χ3v) is 2.74. The molecular formula is C10H12N2O. The van der Waals surface area contributed by atoms with Crippen LogP contribution >= 0.6 is 0 Å². The van der Waals surface area contributed by atoms with Crippen LogP contribution in [0.1, 0.15) is 49.0 Å². The van der Waals surface area contributed by atoms with Gasteiger partial charge in [-0.1, -0.05) is 0 Å². The van der Waals surface area contributed by atoms with Crippen LogP contribution in [0.2, 0.25) is 0 Å². The molecule has 0 saturated heterocycles. The van der Waals surface area contributed by atoms with Gasteiger partial charge in [0, 0.05) is 17.9 Å². The Morgan fingerprint density at radius 3 is 2.54 bits per heavy atom. The number of nitrogens with zero attached hydrogens (tertiary/aromatic N) is 1. The van der Waals surface area contributed by atoms with Gasteiger partial charge in [-0.2, -0.15) is 0 Å². The van der Waals surface area contributed by atoms with E-state index < -0.39 is 0 Å². The van der Waals surface area contributed by atoms with Crippen molar-refractivity contribution < 1.29 is 0 Å². The predicted octanol–water partition coefficient (Wildman–Crippen LogP) is 1.52. The summed E-state index contributed by atoms with van der Waals surface area (Å²) < 4.78 is 0. The van der Waals surface area contributed by atoms with E-state index in [9.17, 15) is 4.79 Å². The lowest BCUT2D eigenvalue weighted by molar-refractivity contribution is 0.857. The van der Waals surface area contributed by atoms with Crippen LogP contribution in [0.5, 0.6) is 0 Å². The van der Waals surface area contributed by atoms with Gasteiger partial charge in [-0.3, -0.25) is 4.79 Å². The number of aromatic amines is 1. The average molecular weight is 176 g/mol. The number of hydrogen-bond donors (Lipinski definition) is 1. The number of rotatable bonds is 2. The maximum absolute atomic E-state index is 11.3. The normalized spacial score (nSPS) is 21.8. The molecule has 0 bridgehead atoms.